The molecule has 2 saturated carbocycles. The van der Waals surface area contributed by atoms with Crippen molar-refractivity contribution in [3.05, 3.63) is 97.1 Å². The Morgan fingerprint density at radius 1 is 0.549 bits per heavy atom. The fourth-order valence-corrected chi connectivity index (χ4v) is 12.6. The van der Waals surface area contributed by atoms with Crippen LogP contribution in [0.2, 0.25) is 0 Å². The van der Waals surface area contributed by atoms with E-state index in [-0.39, 0.29) is 15.1 Å². The molecule has 0 amide bonds. The molecule has 0 radical (unpaired) electrons. The van der Waals surface area contributed by atoms with Crippen LogP contribution >= 0.6 is 14.7 Å². The maximum atomic E-state index is 7.77. The van der Waals surface area contributed by atoms with E-state index in [0.29, 0.717) is 47.7 Å². The number of para-hydroxylation sites is 2. The molecule has 8 atom stereocenters. The van der Waals surface area contributed by atoms with Crippen LogP contribution in [-0.4, -0.2) is 27.3 Å². The summed E-state index contributed by atoms with van der Waals surface area (Å²) in [4.78, 5) is 0. The summed E-state index contributed by atoms with van der Waals surface area (Å²) in [6.45, 7) is 14.5. The highest BCUT2D eigenvalue weighted by Crippen LogP contribution is 2.60. The Morgan fingerprint density at radius 3 is 1.31 bits per heavy atom. The molecule has 0 saturated heterocycles. The fraction of sp³-hybridized carbons (Fsp3) is 0.455. The molecule has 5 aromatic rings. The lowest BCUT2D eigenvalue weighted by molar-refractivity contribution is 0.0562. The summed E-state index contributed by atoms with van der Waals surface area (Å²) in [6, 6.07) is 36.5. The Balaban J connectivity index is 1.40. The number of rotatable bonds is 10. The Bertz CT molecular complexity index is 1790. The summed E-state index contributed by atoms with van der Waals surface area (Å²) >= 11 is 0. The molecule has 2 aliphatic rings. The highest BCUT2D eigenvalue weighted by molar-refractivity contribution is 8.05. The molecule has 0 aliphatic heterocycles. The first-order chi connectivity index (χ1) is 24.5. The van der Waals surface area contributed by atoms with Gasteiger partial charge in [0.05, 0.1) is 22.8 Å². The van der Waals surface area contributed by atoms with Gasteiger partial charge in [0.25, 0.3) is 0 Å². The summed E-state index contributed by atoms with van der Waals surface area (Å²) in [5.41, 5.74) is 2.12. The fourth-order valence-electron chi connectivity index (χ4n) is 8.49. The molecule has 0 bridgehead atoms. The molecule has 51 heavy (non-hydrogen) atoms. The molecular weight excluding hydrogens is 660 g/mol. The number of furan rings is 1. The Hall–Kier alpha value is -2.41. The zero-order chi connectivity index (χ0) is 35.9. The standard InChI is InChI=1S/C44H60B2O3P2/c1-29(2)35-25-23-31(5)27-39(35)48-50(45,33-15-9-7-10-16-33)41-21-13-19-37-38-20-14-22-42(44(38)47-43(37)41)51(46,34-17-11-8-12-18-34)49-40-28-32(6)24-26-36(40)30(3)4/h7-22,29-32,35-36,39-40H,23-28H2,1-6,45-46H3/t31-,32-,35+,36+,39-,40-,50?,51?/m1/s1. The smallest absolute Gasteiger partial charge is 0.176 e. The molecule has 270 valence electrons. The Kier molecular flexibility index (Phi) is 11.0. The Morgan fingerprint density at radius 2 is 0.941 bits per heavy atom. The lowest BCUT2D eigenvalue weighted by atomic mass is 9.75. The van der Waals surface area contributed by atoms with Gasteiger partial charge < -0.3 is 4.42 Å². The van der Waals surface area contributed by atoms with E-state index < -0.39 is 14.7 Å². The first kappa shape index (κ1) is 36.9. The molecule has 0 spiro atoms. The minimum absolute atomic E-state index is 0.288. The second-order valence-corrected chi connectivity index (χ2v) is 19.2. The van der Waals surface area contributed by atoms with Crippen molar-refractivity contribution >= 4 is 73.0 Å². The SMILES string of the molecule is [BH3-][P+](O[C@@H]1C[C@H](C)CC[C@H]1C(C)C)(c1ccccc1)c1cccc2c1oc1c([P+]([BH3-])(O[C@@H]3C[C@H](C)CC[C@H]3C(C)C)c3ccccc3)cccc12. The molecule has 4 aromatic carbocycles. The third kappa shape index (κ3) is 7.15. The molecule has 7 rings (SSSR count). The molecule has 1 aromatic heterocycles. The quantitative estimate of drug-likeness (QED) is 0.107. The van der Waals surface area contributed by atoms with Crippen LogP contribution in [0.25, 0.3) is 21.9 Å². The maximum Gasteiger partial charge on any atom is 0.176 e. The van der Waals surface area contributed by atoms with E-state index in [1.54, 1.807) is 0 Å². The molecule has 7 heteroatoms. The lowest BCUT2D eigenvalue weighted by Gasteiger charge is -2.41. The van der Waals surface area contributed by atoms with Crippen molar-refractivity contribution in [1.82, 2.24) is 0 Å². The first-order valence-electron chi connectivity index (χ1n) is 18.8. The van der Waals surface area contributed by atoms with Gasteiger partial charge >= 0.3 is 0 Å². The number of hydrogen-bond donors (Lipinski definition) is 0. The van der Waals surface area contributed by atoms with Gasteiger partial charge in [-0.05, 0) is 97.6 Å². The Labute approximate surface area is 310 Å². The first-order valence-corrected chi connectivity index (χ1v) is 21.3. The predicted molar refractivity (Wildman–Crippen MR) is 231 cm³/mol. The van der Waals surface area contributed by atoms with Gasteiger partial charge in [0.15, 0.2) is 26.3 Å². The summed E-state index contributed by atoms with van der Waals surface area (Å²) in [7, 11) is -4.71. The van der Waals surface area contributed by atoms with E-state index in [1.165, 1.54) is 57.7 Å². The molecule has 3 nitrogen and oxygen atoms in total. The molecule has 0 N–H and O–H groups in total. The van der Waals surface area contributed by atoms with Crippen molar-refractivity contribution in [1.29, 1.82) is 0 Å². The average molecular weight is 721 g/mol. The van der Waals surface area contributed by atoms with Gasteiger partial charge in [0, 0.05) is 25.5 Å². The third-order valence-electron chi connectivity index (χ3n) is 11.3. The highest BCUT2D eigenvalue weighted by atomic mass is 31.2. The number of fused-ring (bicyclic) bond motifs is 3. The van der Waals surface area contributed by atoms with E-state index >= 15 is 0 Å². The van der Waals surface area contributed by atoms with Gasteiger partial charge in [0.1, 0.15) is 10.6 Å². The van der Waals surface area contributed by atoms with E-state index in [0.717, 1.165) is 24.0 Å². The summed E-state index contributed by atoms with van der Waals surface area (Å²) in [5, 5.41) is 7.93. The van der Waals surface area contributed by atoms with Crippen molar-refractivity contribution in [3.63, 3.8) is 0 Å². The molecule has 2 fully saturated rings. The van der Waals surface area contributed by atoms with Crippen molar-refractivity contribution < 1.29 is 13.5 Å². The van der Waals surface area contributed by atoms with E-state index in [4.69, 9.17) is 13.5 Å². The van der Waals surface area contributed by atoms with E-state index in [9.17, 15) is 0 Å². The van der Waals surface area contributed by atoms with Gasteiger partial charge in [-0.2, -0.15) is 0 Å². The van der Waals surface area contributed by atoms with Crippen LogP contribution in [0.3, 0.4) is 0 Å². The lowest BCUT2D eigenvalue weighted by Crippen LogP contribution is -2.38. The van der Waals surface area contributed by atoms with Crippen molar-refractivity contribution in [2.75, 3.05) is 0 Å². The molecular formula is C44H60B2O3P2. The zero-order valence-electron chi connectivity index (χ0n) is 30.2. The average Bonchev–Trinajstić information content (AvgIpc) is 3.51. The van der Waals surface area contributed by atoms with Crippen LogP contribution in [0.5, 0.6) is 0 Å². The second kappa shape index (κ2) is 15.1. The van der Waals surface area contributed by atoms with Crippen molar-refractivity contribution in [2.45, 2.75) is 92.3 Å². The number of hydrogen-bond acceptors (Lipinski definition) is 3. The van der Waals surface area contributed by atoms with Crippen LogP contribution in [0.15, 0.2) is 101 Å². The molecule has 2 aliphatic carbocycles. The van der Waals surface area contributed by atoms with Crippen LogP contribution in [0, 0.1) is 35.5 Å². The summed E-state index contributed by atoms with van der Waals surface area (Å²) in [6.07, 6.45) is 8.06. The summed E-state index contributed by atoms with van der Waals surface area (Å²) < 4.78 is 22.9. The third-order valence-corrected chi connectivity index (χ3v) is 15.4. The predicted octanol–water partition coefficient (Wildman–Crippen LogP) is 8.87. The van der Waals surface area contributed by atoms with Gasteiger partial charge in [0.2, 0.25) is 0 Å². The number of benzene rings is 4. The molecule has 2 unspecified atom stereocenters. The minimum Gasteiger partial charge on any atom is -0.448 e. The van der Waals surface area contributed by atoms with Crippen LogP contribution in [-0.2, 0) is 9.05 Å². The van der Waals surface area contributed by atoms with Gasteiger partial charge in [-0.15, -0.1) is 0 Å². The maximum absolute atomic E-state index is 7.77. The monoisotopic (exact) mass is 720 g/mol. The zero-order valence-corrected chi connectivity index (χ0v) is 32.0. The minimum atomic E-state index is -2.07. The largest absolute Gasteiger partial charge is 0.448 e. The van der Waals surface area contributed by atoms with Crippen LogP contribution < -0.4 is 21.2 Å². The molecule has 1 heterocycles. The second-order valence-electron chi connectivity index (χ2n) is 15.6. The van der Waals surface area contributed by atoms with E-state index in [2.05, 4.69) is 139 Å². The van der Waals surface area contributed by atoms with Gasteiger partial charge in [-0.25, -0.2) is 0 Å². The highest BCUT2D eigenvalue weighted by Gasteiger charge is 2.45. The van der Waals surface area contributed by atoms with E-state index in [1.807, 2.05) is 0 Å². The topological polar surface area (TPSA) is 31.6 Å². The van der Waals surface area contributed by atoms with Gasteiger partial charge in [-0.3, -0.25) is 9.05 Å². The van der Waals surface area contributed by atoms with Crippen molar-refractivity contribution in [3.8, 4) is 0 Å². The summed E-state index contributed by atoms with van der Waals surface area (Å²) in [5.74, 6) is 3.84. The van der Waals surface area contributed by atoms with Crippen LogP contribution in [0.1, 0.15) is 80.1 Å². The normalized spacial score (nSPS) is 26.8. The van der Waals surface area contributed by atoms with Crippen LogP contribution in [0.4, 0.5) is 0 Å². The van der Waals surface area contributed by atoms with Gasteiger partial charge in [-0.1, -0.05) is 115 Å². The van der Waals surface area contributed by atoms with Crippen molar-refractivity contribution in [2.24, 2.45) is 35.5 Å².